The number of amides is 1. The number of carbonyl (C=O) groups excluding carboxylic acids is 2. The summed E-state index contributed by atoms with van der Waals surface area (Å²) in [6.45, 7) is 14.5. The molecule has 0 radical (unpaired) electrons. The first-order chi connectivity index (χ1) is 19.5. The first kappa shape index (κ1) is 31.8. The number of pyridine rings is 1. The number of esters is 1. The van der Waals surface area contributed by atoms with Crippen LogP contribution in [0.2, 0.25) is 0 Å². The molecule has 2 heterocycles. The number of fused-ring (bicyclic) bond motifs is 1. The normalized spacial score (nSPS) is 9.95. The Morgan fingerprint density at radius 2 is 1.77 bits per heavy atom. The molecule has 2 aromatic heterocycles. The Hall–Kier alpha value is -4.46. The minimum Gasteiger partial charge on any atom is -0.466 e. The lowest BCUT2D eigenvalue weighted by atomic mass is 10.1. The molecule has 0 saturated heterocycles. The van der Waals surface area contributed by atoms with Gasteiger partial charge in [-0.25, -0.2) is 9.97 Å². The maximum Gasteiger partial charge on any atom is 0.307 e. The van der Waals surface area contributed by atoms with Gasteiger partial charge in [0.2, 0.25) is 0 Å². The van der Waals surface area contributed by atoms with Gasteiger partial charge in [0, 0.05) is 31.0 Å². The quantitative estimate of drug-likeness (QED) is 0.219. The molecule has 0 saturated carbocycles. The number of aromatic nitrogens is 3. The third-order valence-corrected chi connectivity index (χ3v) is 5.83. The van der Waals surface area contributed by atoms with Crippen LogP contribution in [0.5, 0.6) is 0 Å². The predicted molar refractivity (Wildman–Crippen MR) is 164 cm³/mol. The smallest absolute Gasteiger partial charge is 0.307 e. The maximum atomic E-state index is 13.5. The van der Waals surface area contributed by atoms with Gasteiger partial charge in [0.15, 0.2) is 0 Å². The Kier molecular flexibility index (Phi) is 13.1. The Morgan fingerprint density at radius 1 is 1.05 bits per heavy atom. The van der Waals surface area contributed by atoms with Gasteiger partial charge in [-0.3, -0.25) is 14.5 Å². The van der Waals surface area contributed by atoms with Crippen molar-refractivity contribution in [2.45, 2.75) is 47.6 Å². The molecule has 1 N–H and O–H groups in total. The number of imidazole rings is 1. The molecular weight excluding hydrogens is 502 g/mol. The highest BCUT2D eigenvalue weighted by Crippen LogP contribution is 2.21. The monoisotopic (exact) mass is 543 g/mol. The van der Waals surface area contributed by atoms with Crippen LogP contribution in [0.1, 0.15) is 62.8 Å². The SMILES string of the molecule is C=Cc1ccc(NCc2nc3cc(C(=O)N(CCC(=O)OCC)c4ccccn4)ccc3n2C)cc1.CC.CC. The van der Waals surface area contributed by atoms with Crippen molar-refractivity contribution in [2.24, 2.45) is 7.05 Å². The molecule has 0 bridgehead atoms. The van der Waals surface area contributed by atoms with E-state index in [1.54, 1.807) is 49.5 Å². The fourth-order valence-corrected chi connectivity index (χ4v) is 3.88. The first-order valence-electron chi connectivity index (χ1n) is 13.8. The molecule has 1 amide bonds. The van der Waals surface area contributed by atoms with E-state index in [4.69, 9.17) is 9.72 Å². The highest BCUT2D eigenvalue weighted by atomic mass is 16.5. The molecule has 0 aliphatic heterocycles. The van der Waals surface area contributed by atoms with Crippen LogP contribution < -0.4 is 10.2 Å². The molecule has 4 aromatic rings. The van der Waals surface area contributed by atoms with Crippen LogP contribution in [-0.4, -0.2) is 39.6 Å². The summed E-state index contributed by atoms with van der Waals surface area (Å²) in [5.74, 6) is 0.696. The predicted octanol–water partition coefficient (Wildman–Crippen LogP) is 6.88. The minimum absolute atomic E-state index is 0.0750. The number of benzene rings is 2. The third kappa shape index (κ3) is 8.27. The zero-order chi connectivity index (χ0) is 29.5. The number of carbonyl (C=O) groups is 2. The van der Waals surface area contributed by atoms with Gasteiger partial charge in [0.05, 0.1) is 30.6 Å². The molecule has 2 aromatic carbocycles. The summed E-state index contributed by atoms with van der Waals surface area (Å²) in [6, 6.07) is 18.8. The fourth-order valence-electron chi connectivity index (χ4n) is 3.88. The Balaban J connectivity index is 0.00000134. The summed E-state index contributed by atoms with van der Waals surface area (Å²) >= 11 is 0. The Labute approximate surface area is 237 Å². The number of nitrogens with zero attached hydrogens (tertiary/aromatic N) is 4. The molecular formula is C32H41N5O3. The number of hydrogen-bond acceptors (Lipinski definition) is 6. The summed E-state index contributed by atoms with van der Waals surface area (Å²) in [4.78, 5) is 36.0. The van der Waals surface area contributed by atoms with E-state index < -0.39 is 0 Å². The molecule has 0 atom stereocenters. The van der Waals surface area contributed by atoms with E-state index in [2.05, 4.69) is 16.9 Å². The molecule has 0 aliphatic rings. The summed E-state index contributed by atoms with van der Waals surface area (Å²) in [6.07, 6.45) is 3.50. The molecule has 0 fully saturated rings. The van der Waals surface area contributed by atoms with Crippen LogP contribution in [0.15, 0.2) is 73.4 Å². The Morgan fingerprint density at radius 3 is 2.40 bits per heavy atom. The fraction of sp³-hybridized carbons (Fsp3) is 0.312. The number of hydrogen-bond donors (Lipinski definition) is 1. The van der Waals surface area contributed by atoms with Gasteiger partial charge < -0.3 is 14.6 Å². The largest absolute Gasteiger partial charge is 0.466 e. The van der Waals surface area contributed by atoms with E-state index in [1.807, 2.05) is 69.6 Å². The van der Waals surface area contributed by atoms with Crippen LogP contribution >= 0.6 is 0 Å². The second kappa shape index (κ2) is 16.5. The highest BCUT2D eigenvalue weighted by Gasteiger charge is 2.21. The van der Waals surface area contributed by atoms with Crippen LogP contribution in [-0.2, 0) is 23.1 Å². The average Bonchev–Trinajstić information content (AvgIpc) is 3.33. The summed E-state index contributed by atoms with van der Waals surface area (Å²) in [5, 5.41) is 3.38. The van der Waals surface area contributed by atoms with Crippen LogP contribution in [0.3, 0.4) is 0 Å². The summed E-state index contributed by atoms with van der Waals surface area (Å²) in [7, 11) is 1.95. The molecule has 0 spiro atoms. The van der Waals surface area contributed by atoms with Crippen molar-refractivity contribution < 1.29 is 14.3 Å². The first-order valence-corrected chi connectivity index (χ1v) is 13.8. The van der Waals surface area contributed by atoms with Gasteiger partial charge in [0.25, 0.3) is 5.91 Å². The van der Waals surface area contributed by atoms with E-state index in [0.717, 1.165) is 22.6 Å². The molecule has 4 rings (SSSR count). The van der Waals surface area contributed by atoms with Gasteiger partial charge in [-0.15, -0.1) is 0 Å². The minimum atomic E-state index is -0.359. The summed E-state index contributed by atoms with van der Waals surface area (Å²) in [5.41, 5.74) is 4.14. The Bertz CT molecular complexity index is 1360. The van der Waals surface area contributed by atoms with Crippen molar-refractivity contribution in [1.82, 2.24) is 14.5 Å². The molecule has 8 heteroatoms. The number of aryl methyl sites for hydroxylation is 1. The lowest BCUT2D eigenvalue weighted by molar-refractivity contribution is -0.142. The van der Waals surface area contributed by atoms with Crippen molar-refractivity contribution >= 4 is 40.5 Å². The van der Waals surface area contributed by atoms with E-state index in [1.165, 1.54) is 4.90 Å². The average molecular weight is 544 g/mol. The van der Waals surface area contributed by atoms with E-state index >= 15 is 0 Å². The number of rotatable bonds is 10. The zero-order valence-electron chi connectivity index (χ0n) is 24.5. The second-order valence-electron chi connectivity index (χ2n) is 8.17. The van der Waals surface area contributed by atoms with Crippen LogP contribution in [0, 0.1) is 0 Å². The number of nitrogens with one attached hydrogen (secondary N) is 1. The van der Waals surface area contributed by atoms with Crippen LogP contribution in [0.25, 0.3) is 17.1 Å². The zero-order valence-corrected chi connectivity index (χ0v) is 24.5. The second-order valence-corrected chi connectivity index (χ2v) is 8.17. The van der Waals surface area contributed by atoms with Gasteiger partial charge in [0.1, 0.15) is 11.6 Å². The van der Waals surface area contributed by atoms with E-state index in [9.17, 15) is 9.59 Å². The van der Waals surface area contributed by atoms with Crippen molar-refractivity contribution in [3.8, 4) is 0 Å². The molecule has 0 unspecified atom stereocenters. The van der Waals surface area contributed by atoms with Gasteiger partial charge in [-0.05, 0) is 55.0 Å². The summed E-state index contributed by atoms with van der Waals surface area (Å²) < 4.78 is 7.04. The lowest BCUT2D eigenvalue weighted by Gasteiger charge is -2.21. The van der Waals surface area contributed by atoms with Gasteiger partial charge >= 0.3 is 5.97 Å². The molecule has 212 valence electrons. The van der Waals surface area contributed by atoms with E-state index in [0.29, 0.717) is 30.0 Å². The standard InChI is InChI=1S/C28H29N5O3.2C2H6/c1-4-20-9-12-22(13-10-20)30-19-26-31-23-18-21(11-14-24(23)32(26)3)28(35)33(17-15-27(34)36-5-2)25-8-6-7-16-29-25;2*1-2/h4,6-14,16,18,30H,1,5,15,17,19H2,2-3H3;2*1-2H3. The van der Waals surface area contributed by atoms with Crippen molar-refractivity contribution in [3.05, 3.63) is 90.4 Å². The highest BCUT2D eigenvalue weighted by molar-refractivity contribution is 6.07. The van der Waals surface area contributed by atoms with Gasteiger partial charge in [-0.1, -0.05) is 58.5 Å². The van der Waals surface area contributed by atoms with Crippen molar-refractivity contribution in [3.63, 3.8) is 0 Å². The molecule has 8 nitrogen and oxygen atoms in total. The van der Waals surface area contributed by atoms with Crippen molar-refractivity contribution in [2.75, 3.05) is 23.4 Å². The van der Waals surface area contributed by atoms with Gasteiger partial charge in [-0.2, -0.15) is 0 Å². The third-order valence-electron chi connectivity index (χ3n) is 5.83. The molecule has 40 heavy (non-hydrogen) atoms. The van der Waals surface area contributed by atoms with Crippen LogP contribution in [0.4, 0.5) is 11.5 Å². The van der Waals surface area contributed by atoms with E-state index in [-0.39, 0.29) is 24.8 Å². The lowest BCUT2D eigenvalue weighted by Crippen LogP contribution is -2.34. The topological polar surface area (TPSA) is 89.3 Å². The molecule has 0 aliphatic carbocycles. The van der Waals surface area contributed by atoms with Crippen molar-refractivity contribution in [1.29, 1.82) is 0 Å². The maximum absolute atomic E-state index is 13.5. The number of ether oxygens (including phenoxy) is 1. The number of anilines is 2.